The zero-order valence-corrected chi connectivity index (χ0v) is 24.2. The molecule has 0 saturated carbocycles. The second-order valence-corrected chi connectivity index (χ2v) is 10.5. The number of hydrogen-bond acceptors (Lipinski definition) is 3. The summed E-state index contributed by atoms with van der Waals surface area (Å²) < 4.78 is 8.71. The molecule has 194 valence electrons. The highest BCUT2D eigenvalue weighted by molar-refractivity contribution is 9.10. The molecule has 0 aliphatic rings. The van der Waals surface area contributed by atoms with Crippen molar-refractivity contribution in [1.82, 2.24) is 9.30 Å². The highest BCUT2D eigenvalue weighted by Crippen LogP contribution is 2.41. The molecule has 0 amide bonds. The van der Waals surface area contributed by atoms with Gasteiger partial charge in [-0.15, -0.1) is 0 Å². The van der Waals surface area contributed by atoms with E-state index in [0.29, 0.717) is 23.6 Å². The fraction of sp³-hybridized carbons (Fsp3) is 0.300. The monoisotopic (exact) mass is 600 g/mol. The van der Waals surface area contributed by atoms with Crippen LogP contribution in [0.15, 0.2) is 71.3 Å². The molecule has 0 aliphatic carbocycles. The van der Waals surface area contributed by atoms with Crippen molar-refractivity contribution in [3.05, 3.63) is 92.6 Å². The molecule has 0 spiro atoms. The van der Waals surface area contributed by atoms with Gasteiger partial charge in [0.05, 0.1) is 21.6 Å². The Bertz CT molecular complexity index is 1370. The molecule has 37 heavy (non-hydrogen) atoms. The third-order valence-corrected chi connectivity index (χ3v) is 7.97. The summed E-state index contributed by atoms with van der Waals surface area (Å²) in [7, 11) is 0. The Balaban J connectivity index is 1.61. The fourth-order valence-corrected chi connectivity index (χ4v) is 5.85. The lowest BCUT2D eigenvalue weighted by molar-refractivity contribution is 0.103. The highest BCUT2D eigenvalue weighted by atomic mass is 79.9. The Hall–Kier alpha value is -2.31. The van der Waals surface area contributed by atoms with Crippen LogP contribution in [0, 0.1) is 0 Å². The number of aromatic nitrogens is 1. The van der Waals surface area contributed by atoms with Crippen LogP contribution in [0.25, 0.3) is 16.6 Å². The van der Waals surface area contributed by atoms with Gasteiger partial charge in [0.2, 0.25) is 5.78 Å². The Morgan fingerprint density at radius 3 is 2.32 bits per heavy atom. The topological polar surface area (TPSA) is 34.0 Å². The number of carbonyl (C=O) groups excluding carboxylic acids is 1. The molecule has 0 fully saturated rings. The molecule has 2 heterocycles. The first-order valence-electron chi connectivity index (χ1n) is 12.7. The number of rotatable bonds is 12. The lowest BCUT2D eigenvalue weighted by Crippen LogP contribution is -2.27. The summed E-state index contributed by atoms with van der Waals surface area (Å²) >= 11 is 17.0. The number of halogens is 3. The summed E-state index contributed by atoms with van der Waals surface area (Å²) in [6.45, 7) is 8.08. The first kappa shape index (κ1) is 27.7. The number of carbonyl (C=O) groups is 1. The van der Waals surface area contributed by atoms with Crippen LogP contribution in [0.5, 0.6) is 5.75 Å². The van der Waals surface area contributed by atoms with Crippen molar-refractivity contribution in [2.45, 2.75) is 33.1 Å². The van der Waals surface area contributed by atoms with E-state index in [1.165, 1.54) is 0 Å². The van der Waals surface area contributed by atoms with Crippen LogP contribution >= 0.6 is 39.1 Å². The summed E-state index contributed by atoms with van der Waals surface area (Å²) in [5.41, 5.74) is 3.50. The molecular formula is C30H31BrCl2N2O2. The van der Waals surface area contributed by atoms with Gasteiger partial charge >= 0.3 is 0 Å². The van der Waals surface area contributed by atoms with E-state index in [-0.39, 0.29) is 15.8 Å². The molecule has 4 aromatic rings. The van der Waals surface area contributed by atoms with E-state index in [1.54, 1.807) is 12.1 Å². The summed E-state index contributed by atoms with van der Waals surface area (Å²) in [6, 6.07) is 19.1. The Morgan fingerprint density at radius 2 is 1.62 bits per heavy atom. The van der Waals surface area contributed by atoms with Crippen LogP contribution in [0.4, 0.5) is 0 Å². The second kappa shape index (κ2) is 13.0. The fourth-order valence-electron chi connectivity index (χ4n) is 4.64. The lowest BCUT2D eigenvalue weighted by atomic mass is 10.00. The first-order chi connectivity index (χ1) is 18.0. The maximum atomic E-state index is 14.0. The Labute approximate surface area is 237 Å². The van der Waals surface area contributed by atoms with Crippen LogP contribution in [-0.2, 0) is 0 Å². The predicted molar refractivity (Wildman–Crippen MR) is 158 cm³/mol. The summed E-state index contributed by atoms with van der Waals surface area (Å²) in [5, 5.41) is 0.455. The third-order valence-electron chi connectivity index (χ3n) is 6.31. The quantitative estimate of drug-likeness (QED) is 0.120. The normalized spacial score (nSPS) is 11.4. The first-order valence-corrected chi connectivity index (χ1v) is 14.2. The van der Waals surface area contributed by atoms with E-state index in [1.807, 2.05) is 59.1 Å². The van der Waals surface area contributed by atoms with Crippen LogP contribution in [0.1, 0.15) is 49.2 Å². The molecule has 4 nitrogen and oxygen atoms in total. The molecule has 2 aromatic heterocycles. The molecule has 0 bridgehead atoms. The minimum atomic E-state index is -0.209. The zero-order chi connectivity index (χ0) is 26.4. The van der Waals surface area contributed by atoms with Crippen molar-refractivity contribution in [2.75, 3.05) is 26.2 Å². The second-order valence-electron chi connectivity index (χ2n) is 8.97. The van der Waals surface area contributed by atoms with Gasteiger partial charge in [0.15, 0.2) is 0 Å². The van der Waals surface area contributed by atoms with Gasteiger partial charge in [-0.05, 0) is 78.1 Å². The minimum Gasteiger partial charge on any atom is -0.492 e. The van der Waals surface area contributed by atoms with Gasteiger partial charge in [0, 0.05) is 23.9 Å². The van der Waals surface area contributed by atoms with E-state index in [2.05, 4.69) is 34.7 Å². The minimum absolute atomic E-state index is 0.198. The largest absolute Gasteiger partial charge is 0.492 e. The van der Waals surface area contributed by atoms with Gasteiger partial charge < -0.3 is 14.0 Å². The van der Waals surface area contributed by atoms with Gasteiger partial charge in [-0.25, -0.2) is 0 Å². The SMILES string of the molecule is CCCN(CCC)CCCOc1ccc(C(=O)c2c(-c3ccccc3)c(Br)c3ccccn23)c(Cl)c1Cl. The molecule has 0 N–H and O–H groups in total. The molecule has 0 radical (unpaired) electrons. The van der Waals surface area contributed by atoms with E-state index in [4.69, 9.17) is 27.9 Å². The van der Waals surface area contributed by atoms with Crippen LogP contribution in [0.2, 0.25) is 10.0 Å². The maximum absolute atomic E-state index is 14.0. The number of fused-ring (bicyclic) bond motifs is 1. The van der Waals surface area contributed by atoms with Crippen LogP contribution in [0.3, 0.4) is 0 Å². The predicted octanol–water partition coefficient (Wildman–Crippen LogP) is 8.80. The van der Waals surface area contributed by atoms with Crippen molar-refractivity contribution in [3.63, 3.8) is 0 Å². The van der Waals surface area contributed by atoms with Crippen LogP contribution < -0.4 is 4.74 Å². The number of nitrogens with zero attached hydrogens (tertiary/aromatic N) is 2. The average molecular weight is 602 g/mol. The standard InChI is InChI=1S/C30H31BrCl2N2O2/c1-3-16-34(17-4-2)18-10-20-37-24-15-14-22(27(32)28(24)33)30(36)29-25(21-11-6-5-7-12-21)26(31)23-13-8-9-19-35(23)29/h5-9,11-15,19H,3-4,10,16-18,20H2,1-2H3. The molecule has 0 unspecified atom stereocenters. The smallest absolute Gasteiger partial charge is 0.211 e. The lowest BCUT2D eigenvalue weighted by Gasteiger charge is -2.21. The zero-order valence-electron chi connectivity index (χ0n) is 21.1. The molecule has 4 rings (SSSR count). The summed E-state index contributed by atoms with van der Waals surface area (Å²) in [6.07, 6.45) is 5.04. The number of pyridine rings is 1. The molecule has 0 atom stereocenters. The van der Waals surface area contributed by atoms with E-state index in [0.717, 1.165) is 60.0 Å². The van der Waals surface area contributed by atoms with Crippen LogP contribution in [-0.4, -0.2) is 41.3 Å². The van der Waals surface area contributed by atoms with Gasteiger partial charge in [-0.2, -0.15) is 0 Å². The van der Waals surface area contributed by atoms with Gasteiger partial charge in [-0.1, -0.05) is 73.4 Å². The maximum Gasteiger partial charge on any atom is 0.211 e. The number of ketones is 1. The van der Waals surface area contributed by atoms with Crippen molar-refractivity contribution in [1.29, 1.82) is 0 Å². The van der Waals surface area contributed by atoms with Gasteiger partial charge in [0.25, 0.3) is 0 Å². The molecular weight excluding hydrogens is 571 g/mol. The van der Waals surface area contributed by atoms with E-state index in [9.17, 15) is 4.79 Å². The molecule has 2 aromatic carbocycles. The number of hydrogen-bond donors (Lipinski definition) is 0. The molecule has 7 heteroatoms. The van der Waals surface area contributed by atoms with Crippen molar-refractivity contribution < 1.29 is 9.53 Å². The molecule has 0 aliphatic heterocycles. The summed E-state index contributed by atoms with van der Waals surface area (Å²) in [4.78, 5) is 16.4. The third kappa shape index (κ3) is 6.06. The number of benzene rings is 2. The Kier molecular flexibility index (Phi) is 9.71. The van der Waals surface area contributed by atoms with Gasteiger partial charge in [0.1, 0.15) is 16.5 Å². The average Bonchev–Trinajstić information content (AvgIpc) is 3.21. The highest BCUT2D eigenvalue weighted by Gasteiger charge is 2.27. The van der Waals surface area contributed by atoms with E-state index < -0.39 is 0 Å². The van der Waals surface area contributed by atoms with Crippen molar-refractivity contribution in [2.24, 2.45) is 0 Å². The molecule has 0 saturated heterocycles. The summed E-state index contributed by atoms with van der Waals surface area (Å²) in [5.74, 6) is 0.282. The number of ether oxygens (including phenoxy) is 1. The van der Waals surface area contributed by atoms with Gasteiger partial charge in [-0.3, -0.25) is 4.79 Å². The van der Waals surface area contributed by atoms with Crippen molar-refractivity contribution >= 4 is 50.4 Å². The Morgan fingerprint density at radius 1 is 0.919 bits per heavy atom. The van der Waals surface area contributed by atoms with Crippen molar-refractivity contribution in [3.8, 4) is 16.9 Å². The van der Waals surface area contributed by atoms with E-state index >= 15 is 0 Å².